The van der Waals surface area contributed by atoms with Crippen LogP contribution in [0, 0.1) is 11.3 Å². The zero-order valence-corrected chi connectivity index (χ0v) is 18.8. The summed E-state index contributed by atoms with van der Waals surface area (Å²) in [5, 5.41) is 7.69. The van der Waals surface area contributed by atoms with Gasteiger partial charge in [-0.3, -0.25) is 0 Å². The summed E-state index contributed by atoms with van der Waals surface area (Å²) in [4.78, 5) is 14.1. The predicted molar refractivity (Wildman–Crippen MR) is 125 cm³/mol. The molecule has 4 rings (SSSR count). The third-order valence-corrected chi connectivity index (χ3v) is 8.47. The smallest absolute Gasteiger partial charge is 0.410 e. The maximum Gasteiger partial charge on any atom is 0.415 e. The minimum Gasteiger partial charge on any atom is -0.410 e. The molecule has 0 radical (unpaired) electrons. The Labute approximate surface area is 194 Å². The number of hydrogen-bond donors (Lipinski definition) is 0. The second kappa shape index (κ2) is 9.88. The molecule has 1 heterocycles. The van der Waals surface area contributed by atoms with Crippen molar-refractivity contribution in [3.05, 3.63) is 102 Å². The zero-order valence-electron chi connectivity index (χ0n) is 18.0. The molecule has 0 bridgehead atoms. The lowest BCUT2D eigenvalue weighted by atomic mass is 10.0. The van der Waals surface area contributed by atoms with E-state index in [1.165, 1.54) is 11.0 Å². The molecular formula is C26H24N2O4S. The summed E-state index contributed by atoms with van der Waals surface area (Å²) < 4.78 is 32.9. The number of ether oxygens (including phenoxy) is 1. The van der Waals surface area contributed by atoms with E-state index in [0.717, 1.165) is 11.1 Å². The number of carbonyl (C=O) groups excluding carboxylic acids is 1. The molecule has 0 aliphatic carbocycles. The Morgan fingerprint density at radius 2 is 1.48 bits per heavy atom. The zero-order chi connectivity index (χ0) is 23.3. The van der Waals surface area contributed by atoms with Crippen LogP contribution in [0.3, 0.4) is 0 Å². The number of likely N-dealkylation sites (tertiary alicyclic amines) is 1. The number of sulfone groups is 1. The van der Waals surface area contributed by atoms with Crippen molar-refractivity contribution in [2.24, 2.45) is 0 Å². The third kappa shape index (κ3) is 5.07. The lowest BCUT2D eigenvalue weighted by Crippen LogP contribution is -2.44. The predicted octanol–water partition coefficient (Wildman–Crippen LogP) is 4.73. The van der Waals surface area contributed by atoms with E-state index in [4.69, 9.17) is 10.00 Å². The van der Waals surface area contributed by atoms with Crippen LogP contribution in [0.5, 0.6) is 5.75 Å². The summed E-state index contributed by atoms with van der Waals surface area (Å²) >= 11 is 0. The maximum atomic E-state index is 13.8. The van der Waals surface area contributed by atoms with Gasteiger partial charge in [0.25, 0.3) is 0 Å². The average molecular weight is 461 g/mol. The van der Waals surface area contributed by atoms with E-state index < -0.39 is 26.4 Å². The van der Waals surface area contributed by atoms with Crippen molar-refractivity contribution in [3.8, 4) is 11.8 Å². The molecule has 3 aromatic carbocycles. The monoisotopic (exact) mass is 460 g/mol. The fraction of sp³-hybridized carbons (Fsp3) is 0.231. The van der Waals surface area contributed by atoms with Gasteiger partial charge >= 0.3 is 6.09 Å². The summed E-state index contributed by atoms with van der Waals surface area (Å²) in [6.07, 6.45) is 0.140. The van der Waals surface area contributed by atoms with Gasteiger partial charge in [0.05, 0.1) is 16.9 Å². The highest BCUT2D eigenvalue weighted by Gasteiger charge is 2.39. The Bertz CT molecular complexity index is 1210. The molecule has 0 spiro atoms. The molecule has 168 valence electrons. The van der Waals surface area contributed by atoms with E-state index in [1.54, 1.807) is 18.2 Å². The number of amides is 1. The Hall–Kier alpha value is -3.63. The van der Waals surface area contributed by atoms with Gasteiger partial charge in [0, 0.05) is 13.1 Å². The van der Waals surface area contributed by atoms with Gasteiger partial charge in [-0.15, -0.1) is 0 Å². The standard InChI is InChI=1S/C26H24N2O4S/c27-19-20-8-7-13-23(18-20)32-26(29)28-16-14-24(15-17-28)33(30,31)25(21-9-3-1-4-10-21)22-11-5-2-6-12-22/h1-13,18,24-25H,14-17H2. The Balaban J connectivity index is 1.48. The third-order valence-electron chi connectivity index (χ3n) is 5.87. The van der Waals surface area contributed by atoms with Crippen LogP contribution in [0.15, 0.2) is 84.9 Å². The van der Waals surface area contributed by atoms with Crippen LogP contribution in [0.1, 0.15) is 34.8 Å². The molecule has 1 fully saturated rings. The lowest BCUT2D eigenvalue weighted by Gasteiger charge is -2.33. The largest absolute Gasteiger partial charge is 0.415 e. The summed E-state index contributed by atoms with van der Waals surface area (Å²) in [5.41, 5.74) is 1.88. The minimum atomic E-state index is -3.56. The number of nitriles is 1. The number of piperidine rings is 1. The van der Waals surface area contributed by atoms with Crippen molar-refractivity contribution in [1.82, 2.24) is 4.90 Å². The van der Waals surface area contributed by atoms with Crippen LogP contribution in [0.4, 0.5) is 4.79 Å². The molecule has 1 aliphatic rings. The quantitative estimate of drug-likeness (QED) is 0.550. The fourth-order valence-corrected chi connectivity index (χ4v) is 6.51. The van der Waals surface area contributed by atoms with E-state index in [-0.39, 0.29) is 13.1 Å². The summed E-state index contributed by atoms with van der Waals surface area (Å²) in [6.45, 7) is 0.577. The Kier molecular flexibility index (Phi) is 6.76. The molecule has 0 N–H and O–H groups in total. The molecule has 0 unspecified atom stereocenters. The van der Waals surface area contributed by atoms with Crippen molar-refractivity contribution in [3.63, 3.8) is 0 Å². The molecule has 0 saturated carbocycles. The number of carbonyl (C=O) groups is 1. The number of benzene rings is 3. The van der Waals surface area contributed by atoms with E-state index in [0.29, 0.717) is 24.2 Å². The van der Waals surface area contributed by atoms with Crippen molar-refractivity contribution in [2.45, 2.75) is 23.3 Å². The highest BCUT2D eigenvalue weighted by atomic mass is 32.2. The van der Waals surface area contributed by atoms with E-state index in [9.17, 15) is 13.2 Å². The van der Waals surface area contributed by atoms with Crippen molar-refractivity contribution >= 4 is 15.9 Å². The van der Waals surface area contributed by atoms with Gasteiger partial charge in [-0.05, 0) is 42.2 Å². The maximum absolute atomic E-state index is 13.8. The molecule has 1 amide bonds. The van der Waals surface area contributed by atoms with Gasteiger partial charge in [-0.25, -0.2) is 13.2 Å². The van der Waals surface area contributed by atoms with Crippen LogP contribution in [-0.2, 0) is 9.84 Å². The van der Waals surface area contributed by atoms with Crippen molar-refractivity contribution < 1.29 is 17.9 Å². The summed E-state index contributed by atoms with van der Waals surface area (Å²) in [7, 11) is -3.56. The first-order chi connectivity index (χ1) is 16.0. The average Bonchev–Trinajstić information content (AvgIpc) is 2.85. The van der Waals surface area contributed by atoms with Gasteiger partial charge in [0.1, 0.15) is 11.0 Å². The first-order valence-electron chi connectivity index (χ1n) is 10.8. The number of hydrogen-bond acceptors (Lipinski definition) is 5. The van der Waals surface area contributed by atoms with Crippen molar-refractivity contribution in [1.29, 1.82) is 5.26 Å². The second-order valence-corrected chi connectivity index (χ2v) is 10.3. The summed E-state index contributed by atoms with van der Waals surface area (Å²) in [6, 6.07) is 26.9. The van der Waals surface area contributed by atoms with Gasteiger partial charge in [-0.1, -0.05) is 66.7 Å². The lowest BCUT2D eigenvalue weighted by molar-refractivity contribution is 0.143. The molecule has 0 aromatic heterocycles. The highest BCUT2D eigenvalue weighted by molar-refractivity contribution is 7.92. The Morgan fingerprint density at radius 3 is 2.03 bits per heavy atom. The van der Waals surface area contributed by atoms with Gasteiger partial charge in [0.2, 0.25) is 0 Å². The minimum absolute atomic E-state index is 0.289. The van der Waals surface area contributed by atoms with Crippen LogP contribution in [0.25, 0.3) is 0 Å². The molecule has 0 atom stereocenters. The first kappa shape index (κ1) is 22.6. The van der Waals surface area contributed by atoms with E-state index >= 15 is 0 Å². The van der Waals surface area contributed by atoms with Gasteiger partial charge in [0.15, 0.2) is 9.84 Å². The number of rotatable bonds is 5. The molecule has 1 saturated heterocycles. The number of nitrogens with zero attached hydrogens (tertiary/aromatic N) is 2. The molecule has 7 heteroatoms. The second-order valence-electron chi connectivity index (χ2n) is 7.98. The molecule has 33 heavy (non-hydrogen) atoms. The normalized spacial score (nSPS) is 14.6. The van der Waals surface area contributed by atoms with Crippen LogP contribution in [-0.4, -0.2) is 37.8 Å². The van der Waals surface area contributed by atoms with E-state index in [2.05, 4.69) is 0 Å². The summed E-state index contributed by atoms with van der Waals surface area (Å²) in [5.74, 6) is 0.294. The van der Waals surface area contributed by atoms with Crippen LogP contribution in [0.2, 0.25) is 0 Å². The van der Waals surface area contributed by atoms with Crippen LogP contribution < -0.4 is 4.74 Å². The molecule has 3 aromatic rings. The molecule has 1 aliphatic heterocycles. The molecular weight excluding hydrogens is 436 g/mol. The molecule has 6 nitrogen and oxygen atoms in total. The van der Waals surface area contributed by atoms with E-state index in [1.807, 2.05) is 66.7 Å². The topological polar surface area (TPSA) is 87.5 Å². The Morgan fingerprint density at radius 1 is 0.909 bits per heavy atom. The fourth-order valence-electron chi connectivity index (χ4n) is 4.18. The highest BCUT2D eigenvalue weighted by Crippen LogP contribution is 2.36. The van der Waals surface area contributed by atoms with Crippen LogP contribution >= 0.6 is 0 Å². The van der Waals surface area contributed by atoms with Gasteiger partial charge < -0.3 is 9.64 Å². The first-order valence-corrected chi connectivity index (χ1v) is 12.4. The SMILES string of the molecule is N#Cc1cccc(OC(=O)N2CCC(S(=O)(=O)C(c3ccccc3)c3ccccc3)CC2)c1. The van der Waals surface area contributed by atoms with Gasteiger partial charge in [-0.2, -0.15) is 5.26 Å². The van der Waals surface area contributed by atoms with Crippen molar-refractivity contribution in [2.75, 3.05) is 13.1 Å².